The summed E-state index contributed by atoms with van der Waals surface area (Å²) in [4.78, 5) is 26.2. The van der Waals surface area contributed by atoms with Crippen LogP contribution in [0.3, 0.4) is 0 Å². The summed E-state index contributed by atoms with van der Waals surface area (Å²) in [6, 6.07) is -0.350. The summed E-state index contributed by atoms with van der Waals surface area (Å²) in [5, 5.41) is 6.47. The van der Waals surface area contributed by atoms with Gasteiger partial charge in [0.25, 0.3) is 0 Å². The van der Waals surface area contributed by atoms with E-state index in [-0.39, 0.29) is 58.4 Å². The quantitative estimate of drug-likeness (QED) is 0.645. The number of carbonyl (C=O) groups is 2. The summed E-state index contributed by atoms with van der Waals surface area (Å²) in [7, 11) is 0. The van der Waals surface area contributed by atoms with Crippen LogP contribution in [0.5, 0.6) is 0 Å². The van der Waals surface area contributed by atoms with Gasteiger partial charge in [0.05, 0.1) is 26.4 Å². The highest BCUT2D eigenvalue weighted by molar-refractivity contribution is 5.83. The lowest BCUT2D eigenvalue weighted by molar-refractivity contribution is -0.257. The van der Waals surface area contributed by atoms with Crippen LogP contribution in [0.25, 0.3) is 0 Å². The first-order valence-electron chi connectivity index (χ1n) is 13.0. The zero-order valence-electron chi connectivity index (χ0n) is 21.6. The van der Waals surface area contributed by atoms with Crippen molar-refractivity contribution < 1.29 is 28.5 Å². The predicted octanol–water partition coefficient (Wildman–Crippen LogP) is 2.60. The monoisotopic (exact) mass is 478 g/mol. The Balaban J connectivity index is 1.23. The Morgan fingerprint density at radius 2 is 0.941 bits per heavy atom. The van der Waals surface area contributed by atoms with Crippen molar-refractivity contribution in [2.75, 3.05) is 26.4 Å². The molecule has 8 heteroatoms. The third kappa shape index (κ3) is 3.80. The molecular weight excluding hydrogens is 436 g/mol. The van der Waals surface area contributed by atoms with E-state index in [9.17, 15) is 9.59 Å². The van der Waals surface area contributed by atoms with Crippen molar-refractivity contribution in [1.29, 1.82) is 0 Å². The smallest absolute Gasteiger partial charge is 0.222 e. The van der Waals surface area contributed by atoms with Crippen LogP contribution in [0, 0.1) is 34.5 Å². The molecule has 2 saturated carbocycles. The molecule has 192 valence electrons. The van der Waals surface area contributed by atoms with Gasteiger partial charge in [0.2, 0.25) is 11.8 Å². The molecule has 2 N–H and O–H groups in total. The molecule has 0 spiro atoms. The van der Waals surface area contributed by atoms with Gasteiger partial charge in [-0.3, -0.25) is 9.59 Å². The summed E-state index contributed by atoms with van der Waals surface area (Å²) >= 11 is 0. The van der Waals surface area contributed by atoms with Gasteiger partial charge in [0.15, 0.2) is 11.6 Å². The lowest BCUT2D eigenvalue weighted by atomic mass is 9.49. The van der Waals surface area contributed by atoms with Crippen LogP contribution in [0.1, 0.15) is 67.2 Å². The maximum absolute atomic E-state index is 13.1. The average molecular weight is 479 g/mol. The molecule has 0 aromatic heterocycles. The number of hydrogen-bond donors (Lipinski definition) is 2. The van der Waals surface area contributed by atoms with Crippen molar-refractivity contribution in [2.45, 2.75) is 90.9 Å². The van der Waals surface area contributed by atoms with Crippen LogP contribution < -0.4 is 10.6 Å². The van der Waals surface area contributed by atoms with Gasteiger partial charge < -0.3 is 29.6 Å². The van der Waals surface area contributed by atoms with E-state index in [0.29, 0.717) is 39.3 Å². The van der Waals surface area contributed by atoms with Gasteiger partial charge in [-0.05, 0) is 49.4 Å². The molecule has 0 aromatic rings. The third-order valence-corrected chi connectivity index (χ3v) is 10.1. The molecule has 3 saturated heterocycles. The predicted molar refractivity (Wildman–Crippen MR) is 124 cm³/mol. The topological polar surface area (TPSA) is 95.1 Å². The van der Waals surface area contributed by atoms with Crippen LogP contribution in [0.2, 0.25) is 0 Å². The molecule has 0 bridgehead atoms. The second-order valence-corrected chi connectivity index (χ2v) is 12.6. The summed E-state index contributed by atoms with van der Waals surface area (Å²) in [6.45, 7) is 15.3. The van der Waals surface area contributed by atoms with Crippen molar-refractivity contribution in [1.82, 2.24) is 10.6 Å². The van der Waals surface area contributed by atoms with Gasteiger partial charge in [-0.1, -0.05) is 27.7 Å². The number of hydrogen-bond acceptors (Lipinski definition) is 6. The summed E-state index contributed by atoms with van der Waals surface area (Å²) < 4.78 is 23.7. The maximum atomic E-state index is 13.1. The zero-order valence-corrected chi connectivity index (χ0v) is 21.6. The van der Waals surface area contributed by atoms with E-state index in [4.69, 9.17) is 18.9 Å². The minimum atomic E-state index is -0.575. The Labute approximate surface area is 203 Å². The average Bonchev–Trinajstić information content (AvgIpc) is 3.34. The molecule has 0 unspecified atom stereocenters. The molecule has 0 radical (unpaired) electrons. The fourth-order valence-electron chi connectivity index (χ4n) is 8.05. The van der Waals surface area contributed by atoms with Crippen LogP contribution >= 0.6 is 0 Å². The zero-order chi connectivity index (χ0) is 24.5. The van der Waals surface area contributed by atoms with Crippen LogP contribution in [0.15, 0.2) is 0 Å². The Hall–Kier alpha value is -1.22. The van der Waals surface area contributed by atoms with Gasteiger partial charge >= 0.3 is 0 Å². The number of nitrogens with one attached hydrogen (secondary N) is 2. The third-order valence-electron chi connectivity index (χ3n) is 10.1. The van der Waals surface area contributed by atoms with Gasteiger partial charge in [-0.25, -0.2) is 0 Å². The largest absolute Gasteiger partial charge is 0.352 e. The van der Waals surface area contributed by atoms with Crippen LogP contribution in [-0.2, 0) is 28.5 Å². The minimum absolute atomic E-state index is 0.0210. The molecule has 3 aliphatic heterocycles. The SMILES string of the molecule is CC1([C@@H]2C[C@H]([C@@H]3CC(=O)N[C@H]([C@H]4C[C@@H](C5(C)OCCO5)C4(C)C)CC(=O)N3)C2(C)C)OCCO1. The summed E-state index contributed by atoms with van der Waals surface area (Å²) in [5.74, 6) is -0.229. The number of ether oxygens (including phenoxy) is 4. The Morgan fingerprint density at radius 1 is 0.618 bits per heavy atom. The lowest BCUT2D eigenvalue weighted by Crippen LogP contribution is -2.65. The van der Waals surface area contributed by atoms with E-state index < -0.39 is 11.6 Å². The molecule has 8 nitrogen and oxygen atoms in total. The summed E-state index contributed by atoms with van der Waals surface area (Å²) in [5.41, 5.74) is -0.203. The molecule has 3 heterocycles. The van der Waals surface area contributed by atoms with Crippen LogP contribution in [-0.4, -0.2) is 61.9 Å². The van der Waals surface area contributed by atoms with Crippen molar-refractivity contribution in [3.8, 4) is 0 Å². The highest BCUT2D eigenvalue weighted by Crippen LogP contribution is 2.60. The first-order chi connectivity index (χ1) is 15.9. The van der Waals surface area contributed by atoms with Gasteiger partial charge in [-0.15, -0.1) is 0 Å². The van der Waals surface area contributed by atoms with Crippen molar-refractivity contribution in [2.24, 2.45) is 34.5 Å². The van der Waals surface area contributed by atoms with E-state index in [0.717, 1.165) is 12.8 Å². The normalized spacial score (nSPS) is 42.5. The molecule has 0 aromatic carbocycles. The highest BCUT2D eigenvalue weighted by Gasteiger charge is 2.62. The number of amides is 2. The van der Waals surface area contributed by atoms with E-state index in [1.807, 2.05) is 13.8 Å². The Kier molecular flexibility index (Phi) is 5.87. The fraction of sp³-hybridized carbons (Fsp3) is 0.923. The van der Waals surface area contributed by atoms with E-state index in [2.05, 4.69) is 38.3 Å². The fourth-order valence-corrected chi connectivity index (χ4v) is 8.05. The van der Waals surface area contributed by atoms with E-state index >= 15 is 0 Å². The number of rotatable bonds is 4. The molecule has 5 fully saturated rings. The van der Waals surface area contributed by atoms with E-state index in [1.165, 1.54) is 0 Å². The van der Waals surface area contributed by atoms with Crippen molar-refractivity contribution >= 4 is 11.8 Å². The maximum Gasteiger partial charge on any atom is 0.222 e. The Morgan fingerprint density at radius 3 is 1.24 bits per heavy atom. The van der Waals surface area contributed by atoms with Gasteiger partial charge in [0.1, 0.15) is 0 Å². The molecule has 5 aliphatic rings. The Bertz CT molecular complexity index is 745. The highest BCUT2D eigenvalue weighted by atomic mass is 16.7. The van der Waals surface area contributed by atoms with Gasteiger partial charge in [0, 0.05) is 36.8 Å². The molecule has 5 rings (SSSR count). The van der Waals surface area contributed by atoms with Crippen LogP contribution in [0.4, 0.5) is 0 Å². The van der Waals surface area contributed by atoms with Gasteiger partial charge in [-0.2, -0.15) is 0 Å². The van der Waals surface area contributed by atoms with Crippen molar-refractivity contribution in [3.63, 3.8) is 0 Å². The molecule has 6 atom stereocenters. The second kappa shape index (κ2) is 8.15. The van der Waals surface area contributed by atoms with Crippen molar-refractivity contribution in [3.05, 3.63) is 0 Å². The number of carbonyl (C=O) groups excluding carboxylic acids is 2. The van der Waals surface area contributed by atoms with E-state index in [1.54, 1.807) is 0 Å². The molecule has 34 heavy (non-hydrogen) atoms. The minimum Gasteiger partial charge on any atom is -0.352 e. The first-order valence-corrected chi connectivity index (χ1v) is 13.0. The second-order valence-electron chi connectivity index (χ2n) is 12.6. The first kappa shape index (κ1) is 24.5. The molecule has 2 aliphatic carbocycles. The summed E-state index contributed by atoms with van der Waals surface area (Å²) in [6.07, 6.45) is 2.37. The molecular formula is C26H42N2O6. The lowest BCUT2D eigenvalue weighted by Gasteiger charge is -2.60. The standard InChI is InChI=1S/C26H42N2O6/c1-23(2)15(11-19(23)25(5)31-7-8-32-25)17-13-21(29)28-18(14-22(30)27-17)16-12-20(24(16,3)4)26(6)33-9-10-34-26/h15-20H,7-14H2,1-6H3,(H,27,30)(H,28,29)/t15-,16-,17+,18+,19-,20-/m1/s1. The molecule has 2 amide bonds.